The van der Waals surface area contributed by atoms with Gasteiger partial charge in [-0.3, -0.25) is 0 Å². The lowest BCUT2D eigenvalue weighted by Crippen LogP contribution is -2.23. The minimum absolute atomic E-state index is 0.0703. The van der Waals surface area contributed by atoms with E-state index in [-0.39, 0.29) is 22.4 Å². The van der Waals surface area contributed by atoms with Crippen molar-refractivity contribution in [2.75, 3.05) is 26.8 Å². The van der Waals surface area contributed by atoms with E-state index in [1.54, 1.807) is 7.11 Å². The monoisotopic (exact) mass is 362 g/mol. The second kappa shape index (κ2) is 10.00. The van der Waals surface area contributed by atoms with Crippen molar-refractivity contribution in [3.63, 3.8) is 0 Å². The van der Waals surface area contributed by atoms with Gasteiger partial charge in [-0.25, -0.2) is 4.39 Å². The number of rotatable bonds is 9. The number of nitrogens with one attached hydrogen (secondary N) is 1. The molecule has 0 heterocycles. The van der Waals surface area contributed by atoms with Crippen LogP contribution >= 0.6 is 11.6 Å². The SMILES string of the molecule is COCCNCC[C@@H](Oc1cc(Cl)c(F)cc1C#N)c1ccccc1. The summed E-state index contributed by atoms with van der Waals surface area (Å²) in [6.45, 7) is 2.08. The third-order valence-corrected chi connectivity index (χ3v) is 3.94. The summed E-state index contributed by atoms with van der Waals surface area (Å²) in [6, 6.07) is 14.1. The fraction of sp³-hybridized carbons (Fsp3) is 0.316. The molecule has 6 heteroatoms. The maximum absolute atomic E-state index is 13.6. The van der Waals surface area contributed by atoms with Crippen molar-refractivity contribution in [3.8, 4) is 11.8 Å². The number of methoxy groups -OCH3 is 1. The van der Waals surface area contributed by atoms with Crippen molar-refractivity contribution in [1.29, 1.82) is 5.26 Å². The molecule has 0 unspecified atom stereocenters. The van der Waals surface area contributed by atoms with Gasteiger partial charge < -0.3 is 14.8 Å². The topological polar surface area (TPSA) is 54.3 Å². The quantitative estimate of drug-likeness (QED) is 0.682. The van der Waals surface area contributed by atoms with Crippen molar-refractivity contribution < 1.29 is 13.9 Å². The molecule has 2 aromatic rings. The molecule has 25 heavy (non-hydrogen) atoms. The molecule has 1 N–H and O–H groups in total. The number of hydrogen-bond donors (Lipinski definition) is 1. The van der Waals surface area contributed by atoms with Gasteiger partial charge in [0.05, 0.1) is 17.2 Å². The molecule has 0 radical (unpaired) electrons. The lowest BCUT2D eigenvalue weighted by atomic mass is 10.1. The molecule has 0 fully saturated rings. The maximum Gasteiger partial charge on any atom is 0.143 e. The van der Waals surface area contributed by atoms with Crippen LogP contribution in [0.15, 0.2) is 42.5 Å². The van der Waals surface area contributed by atoms with Crippen LogP contribution in [0.2, 0.25) is 5.02 Å². The molecule has 0 aliphatic heterocycles. The zero-order valence-electron chi connectivity index (χ0n) is 14.0. The van der Waals surface area contributed by atoms with E-state index >= 15 is 0 Å². The summed E-state index contributed by atoms with van der Waals surface area (Å²) >= 11 is 5.84. The Hall–Kier alpha value is -2.13. The summed E-state index contributed by atoms with van der Waals surface area (Å²) in [6.07, 6.45) is 0.387. The molecule has 0 aliphatic rings. The summed E-state index contributed by atoms with van der Waals surface area (Å²) in [5.41, 5.74) is 1.09. The first-order valence-electron chi connectivity index (χ1n) is 7.96. The van der Waals surface area contributed by atoms with E-state index < -0.39 is 5.82 Å². The normalized spacial score (nSPS) is 11.8. The Morgan fingerprint density at radius 2 is 2.00 bits per heavy atom. The highest BCUT2D eigenvalue weighted by atomic mass is 35.5. The highest BCUT2D eigenvalue weighted by Crippen LogP contribution is 2.31. The average molecular weight is 363 g/mol. The molecule has 132 valence electrons. The first-order chi connectivity index (χ1) is 12.2. The predicted octanol–water partition coefficient (Wildman–Crippen LogP) is 4.10. The molecule has 0 amide bonds. The Morgan fingerprint density at radius 3 is 2.68 bits per heavy atom. The maximum atomic E-state index is 13.6. The van der Waals surface area contributed by atoms with Crippen LogP contribution in [0.3, 0.4) is 0 Å². The number of halogens is 2. The van der Waals surface area contributed by atoms with Crippen LogP contribution in [0, 0.1) is 17.1 Å². The van der Waals surface area contributed by atoms with Gasteiger partial charge in [-0.1, -0.05) is 41.9 Å². The molecule has 0 aromatic heterocycles. The summed E-state index contributed by atoms with van der Waals surface area (Å²) in [5.74, 6) is -0.359. The summed E-state index contributed by atoms with van der Waals surface area (Å²) < 4.78 is 24.6. The summed E-state index contributed by atoms with van der Waals surface area (Å²) in [7, 11) is 1.65. The van der Waals surface area contributed by atoms with Gasteiger partial charge in [0.2, 0.25) is 0 Å². The average Bonchev–Trinajstić information content (AvgIpc) is 2.64. The molecule has 0 saturated carbocycles. The smallest absolute Gasteiger partial charge is 0.143 e. The zero-order valence-corrected chi connectivity index (χ0v) is 14.7. The number of hydrogen-bond acceptors (Lipinski definition) is 4. The first kappa shape index (κ1) is 19.2. The van der Waals surface area contributed by atoms with Crippen LogP contribution in [-0.4, -0.2) is 26.8 Å². The van der Waals surface area contributed by atoms with Crippen molar-refractivity contribution >= 4 is 11.6 Å². The molecule has 0 bridgehead atoms. The minimum atomic E-state index is -0.636. The Morgan fingerprint density at radius 1 is 1.24 bits per heavy atom. The van der Waals surface area contributed by atoms with Gasteiger partial charge in [-0.05, 0) is 18.2 Å². The highest BCUT2D eigenvalue weighted by molar-refractivity contribution is 6.30. The van der Waals surface area contributed by atoms with Gasteiger partial charge in [0.25, 0.3) is 0 Å². The van der Waals surface area contributed by atoms with Crippen LogP contribution in [0.4, 0.5) is 4.39 Å². The van der Waals surface area contributed by atoms with Gasteiger partial charge in [-0.2, -0.15) is 5.26 Å². The Labute approximate surface area is 152 Å². The number of benzene rings is 2. The van der Waals surface area contributed by atoms with E-state index in [0.29, 0.717) is 19.6 Å². The molecule has 2 rings (SSSR count). The second-order valence-electron chi connectivity index (χ2n) is 5.42. The predicted molar refractivity (Wildman–Crippen MR) is 95.3 cm³/mol. The number of ether oxygens (including phenoxy) is 2. The van der Waals surface area contributed by atoms with Gasteiger partial charge in [0.15, 0.2) is 0 Å². The van der Waals surface area contributed by atoms with E-state index in [0.717, 1.165) is 18.2 Å². The second-order valence-corrected chi connectivity index (χ2v) is 5.83. The van der Waals surface area contributed by atoms with Crippen LogP contribution in [0.25, 0.3) is 0 Å². The van der Waals surface area contributed by atoms with Crippen LogP contribution in [-0.2, 0) is 4.74 Å². The summed E-state index contributed by atoms with van der Waals surface area (Å²) in [5, 5.41) is 12.4. The van der Waals surface area contributed by atoms with E-state index in [1.165, 1.54) is 6.07 Å². The van der Waals surface area contributed by atoms with Crippen LogP contribution in [0.1, 0.15) is 23.7 Å². The van der Waals surface area contributed by atoms with Gasteiger partial charge >= 0.3 is 0 Å². The standard InChI is InChI=1S/C19H20ClFN2O2/c1-24-10-9-23-8-7-18(14-5-3-2-4-6-14)25-19-12-16(20)17(21)11-15(19)13-22/h2-6,11-12,18,23H,7-10H2,1H3/t18-/m1/s1. The third-order valence-electron chi connectivity index (χ3n) is 3.65. The van der Waals surface area contributed by atoms with Crippen molar-refractivity contribution in [3.05, 3.63) is 64.4 Å². The van der Waals surface area contributed by atoms with Crippen molar-refractivity contribution in [1.82, 2.24) is 5.32 Å². The number of nitrogens with zero attached hydrogens (tertiary/aromatic N) is 1. The van der Waals surface area contributed by atoms with Crippen molar-refractivity contribution in [2.45, 2.75) is 12.5 Å². The molecular formula is C19H20ClFN2O2. The molecule has 0 aliphatic carbocycles. The number of nitriles is 1. The van der Waals surface area contributed by atoms with Gasteiger partial charge in [0.1, 0.15) is 23.7 Å². The van der Waals surface area contributed by atoms with E-state index in [2.05, 4.69) is 5.32 Å². The lowest BCUT2D eigenvalue weighted by molar-refractivity contribution is 0.182. The van der Waals surface area contributed by atoms with Crippen LogP contribution < -0.4 is 10.1 Å². The third kappa shape index (κ3) is 5.71. The Kier molecular flexibility index (Phi) is 7.68. The lowest BCUT2D eigenvalue weighted by Gasteiger charge is -2.21. The fourth-order valence-electron chi connectivity index (χ4n) is 2.36. The van der Waals surface area contributed by atoms with Gasteiger partial charge in [-0.15, -0.1) is 0 Å². The summed E-state index contributed by atoms with van der Waals surface area (Å²) in [4.78, 5) is 0. The molecule has 0 saturated heterocycles. The van der Waals surface area contributed by atoms with E-state index in [1.807, 2.05) is 36.4 Å². The molecule has 1 atom stereocenters. The molecule has 2 aromatic carbocycles. The minimum Gasteiger partial charge on any atom is -0.484 e. The molecule has 4 nitrogen and oxygen atoms in total. The molecular weight excluding hydrogens is 343 g/mol. The van der Waals surface area contributed by atoms with Crippen LogP contribution in [0.5, 0.6) is 5.75 Å². The highest BCUT2D eigenvalue weighted by Gasteiger charge is 2.17. The Bertz CT molecular complexity index is 719. The van der Waals surface area contributed by atoms with Gasteiger partial charge in [0, 0.05) is 26.1 Å². The zero-order chi connectivity index (χ0) is 18.1. The Balaban J connectivity index is 2.16. The van der Waals surface area contributed by atoms with E-state index in [9.17, 15) is 9.65 Å². The fourth-order valence-corrected chi connectivity index (χ4v) is 2.51. The molecule has 0 spiro atoms. The largest absolute Gasteiger partial charge is 0.484 e. The van der Waals surface area contributed by atoms with E-state index in [4.69, 9.17) is 21.1 Å². The first-order valence-corrected chi connectivity index (χ1v) is 8.34. The van der Waals surface area contributed by atoms with Crippen molar-refractivity contribution in [2.24, 2.45) is 0 Å².